The van der Waals surface area contributed by atoms with Crippen LogP contribution in [-0.4, -0.2) is 21.0 Å². The summed E-state index contributed by atoms with van der Waals surface area (Å²) >= 11 is 0. The molecule has 0 spiro atoms. The molecule has 0 amide bonds. The normalized spacial score (nSPS) is 15.4. The van der Waals surface area contributed by atoms with Crippen LogP contribution >= 0.6 is 0 Å². The summed E-state index contributed by atoms with van der Waals surface area (Å²) in [6, 6.07) is 16.9. The Morgan fingerprint density at radius 2 is 1.32 bits per heavy atom. The number of benzene rings is 3. The summed E-state index contributed by atoms with van der Waals surface area (Å²) in [5, 5.41) is 7.59. The van der Waals surface area contributed by atoms with Gasteiger partial charge in [-0.1, -0.05) is 30.3 Å². The molecule has 0 saturated carbocycles. The van der Waals surface area contributed by atoms with Crippen molar-refractivity contribution < 1.29 is 0 Å². The van der Waals surface area contributed by atoms with E-state index in [0.717, 1.165) is 33.9 Å². The van der Waals surface area contributed by atoms with Crippen LogP contribution in [0.15, 0.2) is 53.5 Å². The second-order valence-electron chi connectivity index (χ2n) is 9.25. The molecule has 34 heavy (non-hydrogen) atoms. The smallest absolute Gasteiger partial charge is 0.181 e. The van der Waals surface area contributed by atoms with E-state index in [2.05, 4.69) is 99.0 Å². The summed E-state index contributed by atoms with van der Waals surface area (Å²) in [5.74, 6) is 2.25. The Balaban J connectivity index is 1.42. The molecule has 6 heteroatoms. The molecule has 0 saturated heterocycles. The lowest BCUT2D eigenvalue weighted by Crippen LogP contribution is -2.31. The van der Waals surface area contributed by atoms with E-state index >= 15 is 0 Å². The zero-order valence-corrected chi connectivity index (χ0v) is 20.5. The molecule has 1 aliphatic rings. The lowest BCUT2D eigenvalue weighted by atomic mass is 9.99. The number of nitrogens with zero attached hydrogens (tertiary/aromatic N) is 3. The first-order chi connectivity index (χ1) is 16.3. The fourth-order valence-electron chi connectivity index (χ4n) is 4.36. The second kappa shape index (κ2) is 8.54. The van der Waals surface area contributed by atoms with Gasteiger partial charge in [0.15, 0.2) is 11.6 Å². The van der Waals surface area contributed by atoms with E-state index in [0.29, 0.717) is 5.82 Å². The van der Waals surface area contributed by atoms with Crippen LogP contribution in [0.3, 0.4) is 0 Å². The average Bonchev–Trinajstić information content (AvgIpc) is 3.51. The van der Waals surface area contributed by atoms with Gasteiger partial charge in [0.25, 0.3) is 0 Å². The largest absolute Gasteiger partial charge is 0.303 e. The second-order valence-corrected chi connectivity index (χ2v) is 9.25. The van der Waals surface area contributed by atoms with E-state index in [9.17, 15) is 0 Å². The molecule has 1 atom stereocenters. The molecule has 172 valence electrons. The number of nitrogens with one attached hydrogen (secondary N) is 3. The number of H-pyrrole nitrogens is 1. The fourth-order valence-corrected chi connectivity index (χ4v) is 4.36. The molecule has 0 aliphatic carbocycles. The van der Waals surface area contributed by atoms with Gasteiger partial charge in [0.2, 0.25) is 0 Å². The minimum absolute atomic E-state index is 0.124. The average molecular weight is 451 g/mol. The molecule has 6 nitrogen and oxygen atoms in total. The highest BCUT2D eigenvalue weighted by molar-refractivity contribution is 6.00. The zero-order valence-electron chi connectivity index (χ0n) is 20.5. The van der Waals surface area contributed by atoms with E-state index in [-0.39, 0.29) is 6.17 Å². The van der Waals surface area contributed by atoms with Gasteiger partial charge in [-0.05, 0) is 98.7 Å². The Morgan fingerprint density at radius 3 is 2.00 bits per heavy atom. The van der Waals surface area contributed by atoms with Crippen LogP contribution in [0, 0.1) is 41.5 Å². The summed E-state index contributed by atoms with van der Waals surface area (Å²) in [6.07, 6.45) is -0.124. The van der Waals surface area contributed by atoms with Crippen LogP contribution in [0.25, 0.3) is 22.8 Å². The van der Waals surface area contributed by atoms with Crippen molar-refractivity contribution in [2.45, 2.75) is 47.7 Å². The number of aryl methyl sites for hydroxylation is 4. The van der Waals surface area contributed by atoms with Crippen molar-refractivity contribution in [3.63, 3.8) is 0 Å². The maximum atomic E-state index is 4.90. The van der Waals surface area contributed by atoms with Gasteiger partial charge in [-0.3, -0.25) is 5.10 Å². The van der Waals surface area contributed by atoms with Crippen LogP contribution in [0.5, 0.6) is 0 Å². The molecule has 2 heterocycles. The Kier molecular flexibility index (Phi) is 5.54. The fraction of sp³-hybridized carbons (Fsp3) is 0.250. The monoisotopic (exact) mass is 450 g/mol. The van der Waals surface area contributed by atoms with Crippen molar-refractivity contribution in [3.8, 4) is 22.8 Å². The van der Waals surface area contributed by atoms with Gasteiger partial charge >= 0.3 is 0 Å². The molecule has 5 rings (SSSR count). The van der Waals surface area contributed by atoms with Gasteiger partial charge in [0.1, 0.15) is 12.0 Å². The van der Waals surface area contributed by atoms with Gasteiger partial charge in [-0.25, -0.2) is 15.4 Å². The molecule has 0 radical (unpaired) electrons. The highest BCUT2D eigenvalue weighted by Crippen LogP contribution is 2.27. The predicted molar refractivity (Wildman–Crippen MR) is 138 cm³/mol. The first kappa shape index (κ1) is 22.0. The highest BCUT2D eigenvalue weighted by atomic mass is 15.5. The minimum Gasteiger partial charge on any atom is -0.303 e. The lowest BCUT2D eigenvalue weighted by molar-refractivity contribution is 0.574. The first-order valence-electron chi connectivity index (χ1n) is 11.6. The van der Waals surface area contributed by atoms with Crippen LogP contribution in [0.2, 0.25) is 0 Å². The van der Waals surface area contributed by atoms with E-state index in [4.69, 9.17) is 9.98 Å². The Morgan fingerprint density at radius 1 is 0.706 bits per heavy atom. The molecule has 3 N–H and O–H groups in total. The predicted octanol–water partition coefficient (Wildman–Crippen LogP) is 5.54. The quantitative estimate of drug-likeness (QED) is 0.381. The van der Waals surface area contributed by atoms with Crippen LogP contribution in [0.4, 0.5) is 0 Å². The SMILES string of the molecule is Cc1cc(-c2n[nH]c(-c3cccc(C4=NC(c5cc(C)c(C)c(C)c5)NN4)c3)n2)cc(C)c1C. The number of aromatic nitrogens is 3. The Labute approximate surface area is 200 Å². The maximum Gasteiger partial charge on any atom is 0.181 e. The molecule has 0 fully saturated rings. The molecular weight excluding hydrogens is 420 g/mol. The molecule has 0 bridgehead atoms. The van der Waals surface area contributed by atoms with Crippen molar-refractivity contribution in [1.29, 1.82) is 0 Å². The summed E-state index contributed by atoms with van der Waals surface area (Å²) in [7, 11) is 0. The number of aliphatic imine (C=N–C) groups is 1. The van der Waals surface area contributed by atoms with Gasteiger partial charge in [-0.15, -0.1) is 0 Å². The lowest BCUT2D eigenvalue weighted by Gasteiger charge is -2.12. The standard InChI is InChI=1S/C28H30N6/c1-15-10-23(11-16(2)19(15)5)27-29-25(31-33-27)21-8-7-9-22(14-21)26-30-28(34-32-26)24-12-17(3)20(6)18(4)13-24/h7-14,27,33H,1-6H3,(H,29,31)(H,30,32,34). The summed E-state index contributed by atoms with van der Waals surface area (Å²) in [6.45, 7) is 12.8. The van der Waals surface area contributed by atoms with Gasteiger partial charge in [0.05, 0.1) is 0 Å². The molecule has 1 aliphatic heterocycles. The molecule has 4 aromatic rings. The summed E-state index contributed by atoms with van der Waals surface area (Å²) in [5.41, 5.74) is 18.4. The van der Waals surface area contributed by atoms with E-state index < -0.39 is 0 Å². The Hall–Kier alpha value is -3.77. The van der Waals surface area contributed by atoms with Crippen LogP contribution in [0.1, 0.15) is 50.7 Å². The third-order valence-electron chi connectivity index (χ3n) is 6.93. The van der Waals surface area contributed by atoms with Crippen molar-refractivity contribution in [1.82, 2.24) is 26.0 Å². The molecule has 3 aromatic carbocycles. The number of rotatable bonds is 4. The van der Waals surface area contributed by atoms with Crippen LogP contribution in [-0.2, 0) is 0 Å². The minimum atomic E-state index is -0.124. The van der Waals surface area contributed by atoms with Crippen molar-refractivity contribution in [3.05, 3.63) is 93.0 Å². The van der Waals surface area contributed by atoms with E-state index in [1.807, 2.05) is 12.1 Å². The van der Waals surface area contributed by atoms with Gasteiger partial charge in [-0.2, -0.15) is 5.10 Å². The van der Waals surface area contributed by atoms with Gasteiger partial charge < -0.3 is 5.43 Å². The number of hydrogen-bond acceptors (Lipinski definition) is 5. The number of hydrogen-bond donors (Lipinski definition) is 3. The Bertz CT molecular complexity index is 1380. The zero-order chi connectivity index (χ0) is 24.0. The third kappa shape index (κ3) is 4.01. The first-order valence-corrected chi connectivity index (χ1v) is 11.6. The summed E-state index contributed by atoms with van der Waals surface area (Å²) in [4.78, 5) is 9.68. The van der Waals surface area contributed by atoms with Crippen molar-refractivity contribution in [2.24, 2.45) is 4.99 Å². The number of hydrazine groups is 1. The van der Waals surface area contributed by atoms with Crippen LogP contribution < -0.4 is 10.9 Å². The maximum absolute atomic E-state index is 4.90. The molecule has 1 unspecified atom stereocenters. The topological polar surface area (TPSA) is 78.0 Å². The van der Waals surface area contributed by atoms with Crippen molar-refractivity contribution >= 4 is 5.84 Å². The molecular formula is C28H30N6. The van der Waals surface area contributed by atoms with Crippen molar-refractivity contribution in [2.75, 3.05) is 0 Å². The van der Waals surface area contributed by atoms with Gasteiger partial charge in [0, 0.05) is 16.7 Å². The number of amidine groups is 1. The van der Waals surface area contributed by atoms with E-state index in [1.54, 1.807) is 0 Å². The number of aromatic amines is 1. The van der Waals surface area contributed by atoms with E-state index in [1.165, 1.54) is 33.4 Å². The third-order valence-corrected chi connectivity index (χ3v) is 6.93. The highest BCUT2D eigenvalue weighted by Gasteiger charge is 2.20. The molecule has 1 aromatic heterocycles. The summed E-state index contributed by atoms with van der Waals surface area (Å²) < 4.78 is 0.